The van der Waals surface area contributed by atoms with Gasteiger partial charge in [-0.05, 0) is 64.2 Å². The summed E-state index contributed by atoms with van der Waals surface area (Å²) in [6, 6.07) is 0. The maximum atomic E-state index is 12.5. The third-order valence-electron chi connectivity index (χ3n) is 8.90. The number of allylic oxidation sites excluding steroid dienone is 4. The van der Waals surface area contributed by atoms with Crippen molar-refractivity contribution in [2.45, 2.75) is 233 Å². The Morgan fingerprint density at radius 3 is 1.00 bits per heavy atom. The van der Waals surface area contributed by atoms with E-state index in [4.69, 9.17) is 0 Å². The van der Waals surface area contributed by atoms with E-state index in [-0.39, 0.29) is 29.1 Å². The molecule has 0 aliphatic heterocycles. The Morgan fingerprint density at radius 1 is 0.479 bits per heavy atom. The summed E-state index contributed by atoms with van der Waals surface area (Å²) in [5.74, 6) is -1.43. The zero-order chi connectivity index (χ0) is 35.1. The molecule has 4 nitrogen and oxygen atoms in total. The van der Waals surface area contributed by atoms with Crippen molar-refractivity contribution in [3.05, 3.63) is 24.3 Å². The van der Waals surface area contributed by atoms with Gasteiger partial charge in [-0.1, -0.05) is 180 Å². The quantitative estimate of drug-likeness (QED) is 0.0287. The Morgan fingerprint density at radius 2 is 0.729 bits per heavy atom. The topological polar surface area (TPSA) is 80.3 Å². The molecule has 5 heteroatoms. The minimum atomic E-state index is -1.22. The van der Waals surface area contributed by atoms with E-state index in [0.29, 0.717) is 0 Å². The second kappa shape index (κ2) is 44.1. The van der Waals surface area contributed by atoms with Crippen molar-refractivity contribution in [2.75, 3.05) is 0 Å². The Labute approximate surface area is 310 Å². The van der Waals surface area contributed by atoms with Crippen molar-refractivity contribution in [2.24, 2.45) is 5.92 Å². The Bertz CT molecular complexity index is 658. The third-order valence-corrected chi connectivity index (χ3v) is 8.90. The standard InChI is InChI=1S/C40H74O3.C3H7O.Al/c1-3-5-7-9-11-13-15-17-19-21-23-25-27-29-31-33-35-38(39(41)37-40(42)43)36-34-32-30-28-26-24-22-20-18-16-14-12-10-8-6-4-2;1-3(2)4;/h17-20,38H,3-16,21-37H2,1-2H3,(H,42,43);3H,1-2H3;/q;-1;+2/p-1/b19-17-,20-18-;;. The number of aliphatic carboxylic acids is 1. The maximum absolute atomic E-state index is 12.5. The van der Waals surface area contributed by atoms with Crippen LogP contribution in [0.15, 0.2) is 24.3 Å². The summed E-state index contributed by atoms with van der Waals surface area (Å²) in [4.78, 5) is 23.5. The van der Waals surface area contributed by atoms with Gasteiger partial charge in [-0.15, -0.1) is 6.10 Å². The van der Waals surface area contributed by atoms with Crippen LogP contribution in [0.1, 0.15) is 227 Å². The van der Waals surface area contributed by atoms with Crippen molar-refractivity contribution >= 4 is 29.1 Å². The van der Waals surface area contributed by atoms with E-state index < -0.39 is 18.5 Å². The van der Waals surface area contributed by atoms with Gasteiger partial charge in [0.05, 0.1) is 0 Å². The zero-order valence-corrected chi connectivity index (χ0v) is 33.7. The van der Waals surface area contributed by atoms with Crippen LogP contribution in [-0.4, -0.2) is 35.2 Å². The summed E-state index contributed by atoms with van der Waals surface area (Å²) in [5.41, 5.74) is 0. The SMILES string of the molecule is CC(C)[O-].CCCCCCCC/C=C\CCCCCCCCC(CCCCCCCC/C=C\CCCCCCCC)C(=O)CC(=O)[O-].[Al+2]. The minimum Gasteiger partial charge on any atom is -0.852 e. The van der Waals surface area contributed by atoms with E-state index in [1.807, 2.05) is 0 Å². The van der Waals surface area contributed by atoms with Gasteiger partial charge < -0.3 is 15.0 Å². The van der Waals surface area contributed by atoms with E-state index >= 15 is 0 Å². The number of carbonyl (C=O) groups excluding carboxylic acids is 2. The van der Waals surface area contributed by atoms with Crippen molar-refractivity contribution in [3.63, 3.8) is 0 Å². The fourth-order valence-electron chi connectivity index (χ4n) is 6.03. The van der Waals surface area contributed by atoms with Crippen LogP contribution in [0.2, 0.25) is 0 Å². The van der Waals surface area contributed by atoms with E-state index in [1.54, 1.807) is 13.8 Å². The van der Waals surface area contributed by atoms with Gasteiger partial charge in [-0.2, -0.15) is 0 Å². The smallest absolute Gasteiger partial charge is 0.852 e. The van der Waals surface area contributed by atoms with E-state index in [9.17, 15) is 19.8 Å². The van der Waals surface area contributed by atoms with Crippen LogP contribution >= 0.6 is 0 Å². The number of hydrogen-bond donors (Lipinski definition) is 0. The van der Waals surface area contributed by atoms with Crippen molar-refractivity contribution in [1.29, 1.82) is 0 Å². The number of carbonyl (C=O) groups is 2. The predicted molar refractivity (Wildman–Crippen MR) is 207 cm³/mol. The summed E-state index contributed by atoms with van der Waals surface area (Å²) in [5, 5.41) is 20.5. The molecule has 0 aromatic heterocycles. The van der Waals surface area contributed by atoms with Gasteiger partial charge in [0.25, 0.3) is 0 Å². The number of carboxylic acids is 1. The van der Waals surface area contributed by atoms with Crippen LogP contribution in [0.5, 0.6) is 0 Å². The van der Waals surface area contributed by atoms with Crippen LogP contribution in [0, 0.1) is 5.92 Å². The first kappa shape index (κ1) is 51.5. The van der Waals surface area contributed by atoms with Gasteiger partial charge in [0.1, 0.15) is 5.78 Å². The summed E-state index contributed by atoms with van der Waals surface area (Å²) < 4.78 is 0. The molecule has 0 aliphatic rings. The molecule has 0 saturated carbocycles. The van der Waals surface area contributed by atoms with Crippen LogP contribution in [-0.2, 0) is 9.59 Å². The van der Waals surface area contributed by atoms with Gasteiger partial charge in [-0.25, -0.2) is 0 Å². The number of Topliss-reactive ketones (excluding diaryl/α,β-unsaturated/α-hetero) is 1. The molecule has 0 rings (SSSR count). The molecule has 0 aromatic carbocycles. The zero-order valence-electron chi connectivity index (χ0n) is 32.6. The predicted octanol–water partition coefficient (Wildman–Crippen LogP) is 11.5. The summed E-state index contributed by atoms with van der Waals surface area (Å²) in [6.07, 6.45) is 46.1. The molecule has 0 aromatic rings. The van der Waals surface area contributed by atoms with E-state index in [2.05, 4.69) is 38.2 Å². The average molecular weight is 688 g/mol. The molecule has 279 valence electrons. The van der Waals surface area contributed by atoms with E-state index in [0.717, 1.165) is 38.5 Å². The number of carboxylic acid groups (broad SMARTS) is 1. The summed E-state index contributed by atoms with van der Waals surface area (Å²) >= 11 is 0. The Kier molecular flexibility index (Phi) is 47.3. The van der Waals surface area contributed by atoms with Crippen LogP contribution in [0.3, 0.4) is 0 Å². The molecule has 0 bridgehead atoms. The molecule has 0 N–H and O–H groups in total. The average Bonchev–Trinajstić information content (AvgIpc) is 3.02. The van der Waals surface area contributed by atoms with Crippen LogP contribution < -0.4 is 10.2 Å². The van der Waals surface area contributed by atoms with Crippen LogP contribution in [0.25, 0.3) is 0 Å². The minimum absolute atomic E-state index is 0. The van der Waals surface area contributed by atoms with E-state index in [1.165, 1.54) is 154 Å². The molecule has 0 atom stereocenters. The number of ketones is 1. The molecular formula is C43H80AlO4. The van der Waals surface area contributed by atoms with Crippen molar-refractivity contribution in [3.8, 4) is 0 Å². The Balaban J connectivity index is -0.00000381. The molecule has 0 unspecified atom stereocenters. The molecule has 0 amide bonds. The molecule has 0 spiro atoms. The third kappa shape index (κ3) is 47.2. The first-order chi connectivity index (χ1) is 22.8. The van der Waals surface area contributed by atoms with Crippen molar-refractivity contribution < 1.29 is 19.8 Å². The molecule has 0 saturated heterocycles. The van der Waals surface area contributed by atoms with Gasteiger partial charge in [0, 0.05) is 18.3 Å². The first-order valence-corrected chi connectivity index (χ1v) is 20.5. The maximum Gasteiger partial charge on any atom is 2.00 e. The molecule has 0 fully saturated rings. The number of unbranched alkanes of at least 4 members (excludes halogenated alkanes) is 24. The number of hydrogen-bond acceptors (Lipinski definition) is 4. The Hall–Kier alpha value is -0.888. The fraction of sp³-hybridized carbons (Fsp3) is 0.860. The van der Waals surface area contributed by atoms with Crippen molar-refractivity contribution in [1.82, 2.24) is 0 Å². The molecular weight excluding hydrogens is 607 g/mol. The van der Waals surface area contributed by atoms with Gasteiger partial charge in [-0.3, -0.25) is 4.79 Å². The van der Waals surface area contributed by atoms with Gasteiger partial charge in [0.2, 0.25) is 0 Å². The second-order valence-electron chi connectivity index (χ2n) is 14.2. The molecule has 0 heterocycles. The van der Waals surface area contributed by atoms with Gasteiger partial charge in [0.15, 0.2) is 0 Å². The fourth-order valence-corrected chi connectivity index (χ4v) is 6.03. The van der Waals surface area contributed by atoms with Crippen LogP contribution in [0.4, 0.5) is 0 Å². The monoisotopic (exact) mass is 688 g/mol. The second-order valence-corrected chi connectivity index (χ2v) is 14.2. The summed E-state index contributed by atoms with van der Waals surface area (Å²) in [7, 11) is 0. The number of rotatable bonds is 35. The normalized spacial score (nSPS) is 11.4. The summed E-state index contributed by atoms with van der Waals surface area (Å²) in [6.45, 7) is 7.76. The van der Waals surface area contributed by atoms with Gasteiger partial charge >= 0.3 is 17.4 Å². The molecule has 48 heavy (non-hydrogen) atoms. The first-order valence-electron chi connectivity index (χ1n) is 20.5. The molecule has 0 aliphatic carbocycles. The molecule has 1 radical (unpaired) electrons. The largest absolute Gasteiger partial charge is 2.00 e.